The summed E-state index contributed by atoms with van der Waals surface area (Å²) in [4.78, 5) is 33.5. The summed E-state index contributed by atoms with van der Waals surface area (Å²) in [6.07, 6.45) is 3.82. The number of rotatable bonds is 4. The molecule has 142 valence electrons. The number of fused-ring (bicyclic) bond motifs is 1. The Morgan fingerprint density at radius 2 is 2.11 bits per heavy atom. The molecule has 1 N–H and O–H groups in total. The average molecular weight is 367 g/mol. The fraction of sp³-hybridized carbons (Fsp3) is 0.450. The van der Waals surface area contributed by atoms with Crippen LogP contribution < -0.4 is 5.32 Å². The Bertz CT molecular complexity index is 846. The maximum atomic E-state index is 12.9. The van der Waals surface area contributed by atoms with Crippen LogP contribution >= 0.6 is 0 Å². The van der Waals surface area contributed by atoms with Gasteiger partial charge in [0, 0.05) is 38.9 Å². The van der Waals surface area contributed by atoms with E-state index in [0.717, 1.165) is 18.8 Å². The number of nitrogens with one attached hydrogen (secondary N) is 1. The summed E-state index contributed by atoms with van der Waals surface area (Å²) in [5, 5.41) is 2.92. The maximum absolute atomic E-state index is 12.9. The number of imidazole rings is 1. The first-order valence-electron chi connectivity index (χ1n) is 9.45. The minimum absolute atomic E-state index is 0.0271. The Morgan fingerprint density at radius 1 is 1.26 bits per heavy atom. The Morgan fingerprint density at radius 3 is 2.96 bits per heavy atom. The van der Waals surface area contributed by atoms with Crippen LogP contribution in [0.1, 0.15) is 23.2 Å². The SMILES string of the molecule is Cc1ccccc1CN1CCNC(=O)[C@H]1CC(=O)N1CCn2cncc2C1. The van der Waals surface area contributed by atoms with E-state index in [0.29, 0.717) is 26.2 Å². The molecular formula is C20H25N5O2. The molecule has 0 radical (unpaired) electrons. The molecule has 0 aliphatic carbocycles. The molecule has 1 aromatic carbocycles. The molecule has 2 aliphatic heterocycles. The molecule has 1 saturated heterocycles. The number of piperazine rings is 1. The molecule has 0 bridgehead atoms. The van der Waals surface area contributed by atoms with Gasteiger partial charge in [0.2, 0.25) is 11.8 Å². The van der Waals surface area contributed by atoms with Gasteiger partial charge in [-0.2, -0.15) is 0 Å². The fourth-order valence-electron chi connectivity index (χ4n) is 3.87. The van der Waals surface area contributed by atoms with Gasteiger partial charge >= 0.3 is 0 Å². The van der Waals surface area contributed by atoms with Crippen molar-refractivity contribution < 1.29 is 9.59 Å². The Labute approximate surface area is 159 Å². The van der Waals surface area contributed by atoms with Gasteiger partial charge in [-0.05, 0) is 18.1 Å². The zero-order valence-corrected chi connectivity index (χ0v) is 15.6. The van der Waals surface area contributed by atoms with Crippen molar-refractivity contribution in [2.75, 3.05) is 19.6 Å². The number of nitrogens with zero attached hydrogens (tertiary/aromatic N) is 4. The fourth-order valence-corrected chi connectivity index (χ4v) is 3.87. The van der Waals surface area contributed by atoms with Crippen molar-refractivity contribution in [1.29, 1.82) is 0 Å². The van der Waals surface area contributed by atoms with Crippen molar-refractivity contribution in [2.24, 2.45) is 0 Å². The number of aromatic nitrogens is 2. The summed E-state index contributed by atoms with van der Waals surface area (Å²) >= 11 is 0. The van der Waals surface area contributed by atoms with E-state index in [4.69, 9.17) is 0 Å². The van der Waals surface area contributed by atoms with E-state index in [1.54, 1.807) is 12.5 Å². The standard InChI is InChI=1S/C20H25N5O2/c1-15-4-2-3-5-16(15)12-23-7-6-22-20(27)18(23)10-19(26)24-8-9-25-14-21-11-17(25)13-24/h2-5,11,14,18H,6-10,12-13H2,1H3,(H,22,27)/t18-/m1/s1. The minimum Gasteiger partial charge on any atom is -0.353 e. The molecule has 0 unspecified atom stereocenters. The van der Waals surface area contributed by atoms with E-state index in [-0.39, 0.29) is 18.2 Å². The van der Waals surface area contributed by atoms with Crippen LogP contribution in [0.25, 0.3) is 0 Å². The number of carbonyl (C=O) groups excluding carboxylic acids is 2. The van der Waals surface area contributed by atoms with Gasteiger partial charge in [0.1, 0.15) is 0 Å². The molecule has 4 rings (SSSR count). The van der Waals surface area contributed by atoms with E-state index < -0.39 is 6.04 Å². The van der Waals surface area contributed by atoms with Crippen LogP contribution in [-0.4, -0.2) is 56.8 Å². The highest BCUT2D eigenvalue weighted by molar-refractivity contribution is 5.88. The van der Waals surface area contributed by atoms with Gasteiger partial charge in [0.15, 0.2) is 0 Å². The second-order valence-corrected chi connectivity index (χ2v) is 7.30. The van der Waals surface area contributed by atoms with Gasteiger partial charge in [-0.3, -0.25) is 14.5 Å². The number of hydrogen-bond donors (Lipinski definition) is 1. The molecule has 2 aromatic rings. The third kappa shape index (κ3) is 3.73. The number of aryl methyl sites for hydroxylation is 1. The largest absolute Gasteiger partial charge is 0.353 e. The summed E-state index contributed by atoms with van der Waals surface area (Å²) in [7, 11) is 0. The highest BCUT2D eigenvalue weighted by atomic mass is 16.2. The molecule has 0 spiro atoms. The first-order chi connectivity index (χ1) is 13.1. The van der Waals surface area contributed by atoms with Crippen molar-refractivity contribution in [2.45, 2.75) is 39.0 Å². The molecule has 27 heavy (non-hydrogen) atoms. The van der Waals surface area contributed by atoms with Crippen molar-refractivity contribution in [3.63, 3.8) is 0 Å². The lowest BCUT2D eigenvalue weighted by atomic mass is 10.0. The first kappa shape index (κ1) is 17.7. The van der Waals surface area contributed by atoms with Crippen LogP contribution in [0.2, 0.25) is 0 Å². The van der Waals surface area contributed by atoms with E-state index in [1.165, 1.54) is 11.1 Å². The molecular weight excluding hydrogens is 342 g/mol. The molecule has 2 aliphatic rings. The summed E-state index contributed by atoms with van der Waals surface area (Å²) < 4.78 is 2.07. The molecule has 2 amide bonds. The molecule has 0 saturated carbocycles. The number of hydrogen-bond acceptors (Lipinski definition) is 4. The predicted molar refractivity (Wildman–Crippen MR) is 101 cm³/mol. The van der Waals surface area contributed by atoms with E-state index >= 15 is 0 Å². The van der Waals surface area contributed by atoms with Gasteiger partial charge in [-0.25, -0.2) is 4.98 Å². The van der Waals surface area contributed by atoms with Crippen molar-refractivity contribution in [3.05, 3.63) is 53.6 Å². The van der Waals surface area contributed by atoms with Crippen LogP contribution in [-0.2, 0) is 29.2 Å². The van der Waals surface area contributed by atoms with Gasteiger partial charge in [0.25, 0.3) is 0 Å². The van der Waals surface area contributed by atoms with E-state index in [2.05, 4.69) is 38.8 Å². The summed E-state index contributed by atoms with van der Waals surface area (Å²) in [5.74, 6) is -0.0236. The van der Waals surface area contributed by atoms with Crippen LogP contribution in [0.4, 0.5) is 0 Å². The smallest absolute Gasteiger partial charge is 0.237 e. The van der Waals surface area contributed by atoms with Crippen LogP contribution in [0, 0.1) is 6.92 Å². The Hall–Kier alpha value is -2.67. The second-order valence-electron chi connectivity index (χ2n) is 7.30. The zero-order valence-electron chi connectivity index (χ0n) is 15.6. The van der Waals surface area contributed by atoms with Gasteiger partial charge in [-0.15, -0.1) is 0 Å². The number of amides is 2. The van der Waals surface area contributed by atoms with Crippen molar-refractivity contribution >= 4 is 11.8 Å². The third-order valence-electron chi connectivity index (χ3n) is 5.56. The highest BCUT2D eigenvalue weighted by Crippen LogP contribution is 2.19. The van der Waals surface area contributed by atoms with Gasteiger partial charge < -0.3 is 14.8 Å². The lowest BCUT2D eigenvalue weighted by molar-refractivity contribution is -0.140. The first-order valence-corrected chi connectivity index (χ1v) is 9.45. The highest BCUT2D eigenvalue weighted by Gasteiger charge is 2.33. The van der Waals surface area contributed by atoms with Crippen molar-refractivity contribution in [1.82, 2.24) is 24.7 Å². The molecule has 1 atom stereocenters. The summed E-state index contributed by atoms with van der Waals surface area (Å²) in [6, 6.07) is 7.79. The number of carbonyl (C=O) groups is 2. The van der Waals surface area contributed by atoms with E-state index in [1.807, 2.05) is 17.0 Å². The topological polar surface area (TPSA) is 70.5 Å². The molecule has 7 nitrogen and oxygen atoms in total. The van der Waals surface area contributed by atoms with Crippen LogP contribution in [0.15, 0.2) is 36.8 Å². The molecule has 3 heterocycles. The number of benzene rings is 1. The molecule has 7 heteroatoms. The summed E-state index contributed by atoms with van der Waals surface area (Å²) in [5.41, 5.74) is 3.45. The summed E-state index contributed by atoms with van der Waals surface area (Å²) in [6.45, 7) is 6.12. The maximum Gasteiger partial charge on any atom is 0.237 e. The quantitative estimate of drug-likeness (QED) is 0.873. The average Bonchev–Trinajstić information content (AvgIpc) is 3.14. The lowest BCUT2D eigenvalue weighted by Gasteiger charge is -2.36. The monoisotopic (exact) mass is 367 g/mol. The third-order valence-corrected chi connectivity index (χ3v) is 5.56. The van der Waals surface area contributed by atoms with E-state index in [9.17, 15) is 9.59 Å². The van der Waals surface area contributed by atoms with Crippen LogP contribution in [0.5, 0.6) is 0 Å². The minimum atomic E-state index is -0.419. The van der Waals surface area contributed by atoms with Crippen LogP contribution in [0.3, 0.4) is 0 Å². The predicted octanol–water partition coefficient (Wildman–Crippen LogP) is 0.924. The second kappa shape index (κ2) is 7.52. The Kier molecular flexibility index (Phi) is 4.94. The van der Waals surface area contributed by atoms with Gasteiger partial charge in [0.05, 0.1) is 31.0 Å². The Balaban J connectivity index is 1.45. The lowest BCUT2D eigenvalue weighted by Crippen LogP contribution is -2.56. The normalized spacial score (nSPS) is 20.3. The zero-order chi connectivity index (χ0) is 18.8. The molecule has 1 fully saturated rings. The van der Waals surface area contributed by atoms with Gasteiger partial charge in [-0.1, -0.05) is 24.3 Å². The molecule has 1 aromatic heterocycles. The van der Waals surface area contributed by atoms with Crippen molar-refractivity contribution in [3.8, 4) is 0 Å².